The molecule has 1 saturated heterocycles. The lowest BCUT2D eigenvalue weighted by molar-refractivity contribution is -0.134. The predicted molar refractivity (Wildman–Crippen MR) is 85.2 cm³/mol. The van der Waals surface area contributed by atoms with Crippen molar-refractivity contribution in [2.45, 2.75) is 18.9 Å². The van der Waals surface area contributed by atoms with Crippen molar-refractivity contribution in [3.05, 3.63) is 53.6 Å². The first-order valence-corrected chi connectivity index (χ1v) is 7.97. The summed E-state index contributed by atoms with van der Waals surface area (Å²) in [5, 5.41) is 3.27. The molecule has 1 aromatic heterocycles. The lowest BCUT2D eigenvalue weighted by Crippen LogP contribution is -2.49. The molecule has 5 nitrogen and oxygen atoms in total. The van der Waals surface area contributed by atoms with Crippen LogP contribution < -0.4 is 5.32 Å². The maximum absolute atomic E-state index is 13.7. The summed E-state index contributed by atoms with van der Waals surface area (Å²) in [5.41, 5.74) is 0.229. The van der Waals surface area contributed by atoms with Gasteiger partial charge in [0.1, 0.15) is 23.5 Å². The molecule has 1 N–H and O–H groups in total. The lowest BCUT2D eigenvalue weighted by Gasteiger charge is -2.35. The van der Waals surface area contributed by atoms with Gasteiger partial charge >= 0.3 is 0 Å². The predicted octanol–water partition coefficient (Wildman–Crippen LogP) is 1.80. The van der Waals surface area contributed by atoms with E-state index in [9.17, 15) is 13.6 Å². The number of rotatable bonds is 4. The van der Waals surface area contributed by atoms with Crippen LogP contribution in [0.2, 0.25) is 0 Å². The molecule has 128 valence electrons. The summed E-state index contributed by atoms with van der Waals surface area (Å²) < 4.78 is 28.8. The van der Waals surface area contributed by atoms with Crippen LogP contribution in [0.3, 0.4) is 0 Å². The van der Waals surface area contributed by atoms with Crippen LogP contribution in [0.5, 0.6) is 0 Å². The molecule has 3 rings (SSSR count). The molecule has 2 aromatic rings. The molecule has 2 heterocycles. The third-order valence-electron chi connectivity index (χ3n) is 4.34. The molecule has 0 spiro atoms. The molecule has 0 bridgehead atoms. The first kappa shape index (κ1) is 16.6. The summed E-state index contributed by atoms with van der Waals surface area (Å²) >= 11 is 0. The van der Waals surface area contributed by atoms with Crippen LogP contribution in [0.15, 0.2) is 30.6 Å². The van der Waals surface area contributed by atoms with Crippen molar-refractivity contribution < 1.29 is 13.6 Å². The molecule has 0 radical (unpaired) electrons. The van der Waals surface area contributed by atoms with Gasteiger partial charge in [-0.3, -0.25) is 4.79 Å². The maximum atomic E-state index is 13.7. The molecule has 1 fully saturated rings. The largest absolute Gasteiger partial charge is 0.336 e. The van der Waals surface area contributed by atoms with Gasteiger partial charge in [0.2, 0.25) is 5.91 Å². The van der Waals surface area contributed by atoms with E-state index in [1.165, 1.54) is 0 Å². The Morgan fingerprint density at radius 2 is 2.25 bits per heavy atom. The van der Waals surface area contributed by atoms with Gasteiger partial charge in [-0.1, -0.05) is 0 Å². The Morgan fingerprint density at radius 1 is 1.42 bits per heavy atom. The highest BCUT2D eigenvalue weighted by atomic mass is 19.1. The molecule has 1 amide bonds. The van der Waals surface area contributed by atoms with E-state index in [0.717, 1.165) is 24.0 Å². The van der Waals surface area contributed by atoms with Crippen LogP contribution in [0, 0.1) is 11.6 Å². The van der Waals surface area contributed by atoms with Crippen molar-refractivity contribution in [1.29, 1.82) is 0 Å². The van der Waals surface area contributed by atoms with Gasteiger partial charge in [0.15, 0.2) is 0 Å². The van der Waals surface area contributed by atoms with E-state index < -0.39 is 11.6 Å². The Bertz CT molecular complexity index is 731. The average molecular weight is 334 g/mol. The first-order valence-electron chi connectivity index (χ1n) is 7.97. The highest BCUT2D eigenvalue weighted by Gasteiger charge is 2.30. The Labute approximate surface area is 139 Å². The van der Waals surface area contributed by atoms with Gasteiger partial charge in [0, 0.05) is 45.5 Å². The monoisotopic (exact) mass is 334 g/mol. The number of aryl methyl sites for hydroxylation is 2. The number of hydrogen-bond acceptors (Lipinski definition) is 3. The molecule has 7 heteroatoms. The van der Waals surface area contributed by atoms with E-state index in [1.54, 1.807) is 11.1 Å². The molecule has 1 atom stereocenters. The first-order chi connectivity index (χ1) is 11.6. The Morgan fingerprint density at radius 3 is 3.00 bits per heavy atom. The minimum atomic E-state index is -0.494. The van der Waals surface area contributed by atoms with Crippen LogP contribution >= 0.6 is 0 Å². The smallest absolute Gasteiger partial charge is 0.223 e. The van der Waals surface area contributed by atoms with Gasteiger partial charge in [-0.05, 0) is 30.2 Å². The molecular formula is C17H20F2N4O. The van der Waals surface area contributed by atoms with Gasteiger partial charge in [-0.2, -0.15) is 0 Å². The number of nitrogens with one attached hydrogen (secondary N) is 1. The highest BCUT2D eigenvalue weighted by Crippen LogP contribution is 2.22. The number of aromatic nitrogens is 2. The molecule has 24 heavy (non-hydrogen) atoms. The topological polar surface area (TPSA) is 50.2 Å². The fourth-order valence-electron chi connectivity index (χ4n) is 3.05. The van der Waals surface area contributed by atoms with Gasteiger partial charge < -0.3 is 14.8 Å². The zero-order valence-electron chi connectivity index (χ0n) is 13.5. The number of benzene rings is 1. The Balaban J connectivity index is 1.70. The van der Waals surface area contributed by atoms with Gasteiger partial charge in [0.25, 0.3) is 0 Å². The van der Waals surface area contributed by atoms with Crippen molar-refractivity contribution in [1.82, 2.24) is 19.8 Å². The molecule has 0 aliphatic carbocycles. The number of halogens is 2. The number of imidazole rings is 1. The Kier molecular flexibility index (Phi) is 4.89. The van der Waals surface area contributed by atoms with E-state index in [0.29, 0.717) is 19.6 Å². The summed E-state index contributed by atoms with van der Waals surface area (Å²) in [6.45, 7) is 1.91. The van der Waals surface area contributed by atoms with Crippen molar-refractivity contribution >= 4 is 5.91 Å². The number of carbonyl (C=O) groups excluding carboxylic acids is 1. The van der Waals surface area contributed by atoms with Gasteiger partial charge in [0.05, 0.1) is 0 Å². The second-order valence-corrected chi connectivity index (χ2v) is 5.94. The molecular weight excluding hydrogens is 314 g/mol. The summed E-state index contributed by atoms with van der Waals surface area (Å²) in [6, 6.07) is 3.17. The number of piperazine rings is 1. The summed E-state index contributed by atoms with van der Waals surface area (Å²) in [4.78, 5) is 18.7. The van der Waals surface area contributed by atoms with E-state index in [2.05, 4.69) is 10.3 Å². The highest BCUT2D eigenvalue weighted by molar-refractivity contribution is 5.77. The fourth-order valence-corrected chi connectivity index (χ4v) is 3.05. The summed E-state index contributed by atoms with van der Waals surface area (Å²) in [7, 11) is 1.89. The molecule has 1 unspecified atom stereocenters. The van der Waals surface area contributed by atoms with Crippen LogP contribution in [0.1, 0.15) is 23.9 Å². The third-order valence-corrected chi connectivity index (χ3v) is 4.34. The standard InChI is InChI=1S/C17H20F2N4O/c1-22-8-7-21-17(22)15-11-20-6-9-23(15)16(24)5-2-12-10-13(18)3-4-14(12)19/h3-4,7-8,10,15,20H,2,5-6,9,11H2,1H3. The average Bonchev–Trinajstić information content (AvgIpc) is 3.01. The van der Waals surface area contributed by atoms with E-state index in [-0.39, 0.29) is 30.4 Å². The summed E-state index contributed by atoms with van der Waals surface area (Å²) in [6.07, 6.45) is 3.87. The minimum Gasteiger partial charge on any atom is -0.336 e. The molecule has 0 saturated carbocycles. The molecule has 1 aliphatic heterocycles. The van der Waals surface area contributed by atoms with E-state index in [4.69, 9.17) is 0 Å². The molecule has 1 aromatic carbocycles. The van der Waals surface area contributed by atoms with Crippen molar-refractivity contribution in [3.8, 4) is 0 Å². The normalized spacial score (nSPS) is 18.0. The van der Waals surface area contributed by atoms with Crippen LogP contribution in [0.25, 0.3) is 0 Å². The number of carbonyl (C=O) groups is 1. The summed E-state index contributed by atoms with van der Waals surface area (Å²) in [5.74, 6) is -0.238. The SMILES string of the molecule is Cn1ccnc1C1CNCCN1C(=O)CCc1cc(F)ccc1F. The van der Waals surface area contributed by atoms with Crippen LogP contribution in [0.4, 0.5) is 8.78 Å². The minimum absolute atomic E-state index is 0.0758. The van der Waals surface area contributed by atoms with Gasteiger partial charge in [-0.15, -0.1) is 0 Å². The number of hydrogen-bond donors (Lipinski definition) is 1. The van der Waals surface area contributed by atoms with E-state index >= 15 is 0 Å². The zero-order chi connectivity index (χ0) is 17.1. The maximum Gasteiger partial charge on any atom is 0.223 e. The van der Waals surface area contributed by atoms with Crippen molar-refractivity contribution in [2.75, 3.05) is 19.6 Å². The van der Waals surface area contributed by atoms with Crippen LogP contribution in [-0.4, -0.2) is 40.0 Å². The number of amides is 1. The quantitative estimate of drug-likeness (QED) is 0.928. The zero-order valence-corrected chi connectivity index (χ0v) is 13.5. The lowest BCUT2D eigenvalue weighted by atomic mass is 10.1. The fraction of sp³-hybridized carbons (Fsp3) is 0.412. The third kappa shape index (κ3) is 3.46. The second kappa shape index (κ2) is 7.09. The van der Waals surface area contributed by atoms with Crippen molar-refractivity contribution in [2.24, 2.45) is 7.05 Å². The second-order valence-electron chi connectivity index (χ2n) is 5.94. The van der Waals surface area contributed by atoms with Crippen LogP contribution in [-0.2, 0) is 18.3 Å². The van der Waals surface area contributed by atoms with Crippen molar-refractivity contribution in [3.63, 3.8) is 0 Å². The Hall–Kier alpha value is -2.28. The van der Waals surface area contributed by atoms with Gasteiger partial charge in [-0.25, -0.2) is 13.8 Å². The van der Waals surface area contributed by atoms with E-state index in [1.807, 2.05) is 17.8 Å². The molecule has 1 aliphatic rings. The number of nitrogens with zero attached hydrogens (tertiary/aromatic N) is 3.